The Morgan fingerprint density at radius 3 is 1.23 bits per heavy atom. The van der Waals surface area contributed by atoms with Gasteiger partial charge >= 0.3 is 0 Å². The highest BCUT2D eigenvalue weighted by molar-refractivity contribution is 6.25. The SMILES string of the molecule is c1ccc(-c2nc(-c3ccc(-c4ccc5c6ccccc6c6ccccc6c5c4)cc3)nc(-c3ccccc3-c3ccccc3)n2)cc1. The monoisotopic (exact) mass is 611 g/mol. The Morgan fingerprint density at radius 1 is 0.229 bits per heavy atom. The number of rotatable bonds is 5. The van der Waals surface area contributed by atoms with Crippen LogP contribution in [-0.2, 0) is 0 Å². The quantitative estimate of drug-likeness (QED) is 0.182. The van der Waals surface area contributed by atoms with E-state index in [1.54, 1.807) is 0 Å². The van der Waals surface area contributed by atoms with Crippen molar-refractivity contribution in [3.63, 3.8) is 0 Å². The minimum atomic E-state index is 0.643. The van der Waals surface area contributed by atoms with Crippen molar-refractivity contribution in [2.24, 2.45) is 0 Å². The number of nitrogens with zero attached hydrogens (tertiary/aromatic N) is 3. The Hall–Kier alpha value is -6.45. The third kappa shape index (κ3) is 4.90. The molecule has 0 saturated carbocycles. The minimum Gasteiger partial charge on any atom is -0.208 e. The van der Waals surface area contributed by atoms with Gasteiger partial charge in [0.2, 0.25) is 0 Å². The fraction of sp³-hybridized carbons (Fsp3) is 0. The van der Waals surface area contributed by atoms with E-state index < -0.39 is 0 Å². The molecular weight excluding hydrogens is 583 g/mol. The van der Waals surface area contributed by atoms with Gasteiger partial charge < -0.3 is 0 Å². The molecule has 1 aromatic heterocycles. The van der Waals surface area contributed by atoms with Gasteiger partial charge in [0.05, 0.1) is 0 Å². The first-order valence-electron chi connectivity index (χ1n) is 16.2. The Bertz CT molecular complexity index is 2560. The molecule has 224 valence electrons. The van der Waals surface area contributed by atoms with E-state index in [0.29, 0.717) is 17.5 Å². The molecule has 3 heteroatoms. The van der Waals surface area contributed by atoms with Crippen LogP contribution in [0.3, 0.4) is 0 Å². The zero-order chi connectivity index (χ0) is 31.9. The van der Waals surface area contributed by atoms with E-state index in [9.17, 15) is 0 Å². The lowest BCUT2D eigenvalue weighted by Crippen LogP contribution is -2.01. The lowest BCUT2D eigenvalue weighted by Gasteiger charge is -2.13. The van der Waals surface area contributed by atoms with Crippen LogP contribution in [0.4, 0.5) is 0 Å². The molecule has 9 aromatic rings. The lowest BCUT2D eigenvalue weighted by molar-refractivity contribution is 1.07. The molecule has 0 atom stereocenters. The van der Waals surface area contributed by atoms with Crippen molar-refractivity contribution >= 4 is 32.3 Å². The highest BCUT2D eigenvalue weighted by Gasteiger charge is 2.16. The number of aromatic nitrogens is 3. The van der Waals surface area contributed by atoms with Crippen molar-refractivity contribution in [2.45, 2.75) is 0 Å². The van der Waals surface area contributed by atoms with Crippen LogP contribution in [0.1, 0.15) is 0 Å². The number of hydrogen-bond donors (Lipinski definition) is 0. The molecule has 8 aromatic carbocycles. The summed E-state index contributed by atoms with van der Waals surface area (Å²) in [4.78, 5) is 15.1. The Kier molecular flexibility index (Phi) is 6.80. The molecule has 0 saturated heterocycles. The van der Waals surface area contributed by atoms with Gasteiger partial charge in [0, 0.05) is 16.7 Å². The van der Waals surface area contributed by atoms with Crippen molar-refractivity contribution in [1.82, 2.24) is 15.0 Å². The number of hydrogen-bond acceptors (Lipinski definition) is 3. The summed E-state index contributed by atoms with van der Waals surface area (Å²) in [6.07, 6.45) is 0. The van der Waals surface area contributed by atoms with E-state index in [4.69, 9.17) is 15.0 Å². The summed E-state index contributed by atoms with van der Waals surface area (Å²) >= 11 is 0. The molecule has 3 nitrogen and oxygen atoms in total. The van der Waals surface area contributed by atoms with Crippen LogP contribution in [-0.4, -0.2) is 15.0 Å². The fourth-order valence-electron chi connectivity index (χ4n) is 6.79. The molecule has 48 heavy (non-hydrogen) atoms. The third-order valence-corrected chi connectivity index (χ3v) is 9.14. The molecule has 0 fully saturated rings. The van der Waals surface area contributed by atoms with Crippen LogP contribution in [0.2, 0.25) is 0 Å². The maximum atomic E-state index is 5.07. The highest BCUT2D eigenvalue weighted by atomic mass is 15.0. The van der Waals surface area contributed by atoms with E-state index in [1.807, 2.05) is 42.5 Å². The lowest BCUT2D eigenvalue weighted by atomic mass is 9.92. The standard InChI is InChI=1S/C45H29N3/c1-3-13-31(14-4-1)35-17-7-12-22-41(35)45-47-43(32-15-5-2-6-16-32)46-44(48-45)33-25-23-30(24-26-33)34-27-28-40-38-20-9-8-18-36(38)37-19-10-11-21-39(37)42(40)29-34/h1-29H. The average Bonchev–Trinajstić information content (AvgIpc) is 3.18. The zero-order valence-corrected chi connectivity index (χ0v) is 26.1. The smallest absolute Gasteiger partial charge is 0.164 e. The minimum absolute atomic E-state index is 0.643. The van der Waals surface area contributed by atoms with Crippen molar-refractivity contribution in [3.05, 3.63) is 176 Å². The van der Waals surface area contributed by atoms with Gasteiger partial charge in [-0.15, -0.1) is 0 Å². The first kappa shape index (κ1) is 27.8. The van der Waals surface area contributed by atoms with Crippen LogP contribution in [0, 0.1) is 0 Å². The molecule has 1 heterocycles. The van der Waals surface area contributed by atoms with Crippen molar-refractivity contribution in [1.29, 1.82) is 0 Å². The molecule has 0 unspecified atom stereocenters. The predicted octanol–water partition coefficient (Wildman–Crippen LogP) is 11.7. The van der Waals surface area contributed by atoms with Crippen molar-refractivity contribution in [3.8, 4) is 56.4 Å². The fourth-order valence-corrected chi connectivity index (χ4v) is 6.79. The molecule has 0 aliphatic carbocycles. The van der Waals surface area contributed by atoms with E-state index >= 15 is 0 Å². The van der Waals surface area contributed by atoms with E-state index in [-0.39, 0.29) is 0 Å². The molecule has 0 bridgehead atoms. The molecular formula is C45H29N3. The van der Waals surface area contributed by atoms with E-state index in [0.717, 1.165) is 33.4 Å². The number of fused-ring (bicyclic) bond motifs is 6. The van der Waals surface area contributed by atoms with Gasteiger partial charge in [-0.25, -0.2) is 15.0 Å². The summed E-state index contributed by atoms with van der Waals surface area (Å²) in [6.45, 7) is 0. The maximum Gasteiger partial charge on any atom is 0.164 e. The first-order valence-corrected chi connectivity index (χ1v) is 16.2. The van der Waals surface area contributed by atoms with Gasteiger partial charge in [0.25, 0.3) is 0 Å². The van der Waals surface area contributed by atoms with Gasteiger partial charge in [-0.2, -0.15) is 0 Å². The zero-order valence-electron chi connectivity index (χ0n) is 26.1. The maximum absolute atomic E-state index is 5.07. The summed E-state index contributed by atoms with van der Waals surface area (Å²) in [7, 11) is 0. The first-order chi connectivity index (χ1) is 23.8. The third-order valence-electron chi connectivity index (χ3n) is 9.14. The summed E-state index contributed by atoms with van der Waals surface area (Å²) in [5.41, 5.74) is 7.38. The van der Waals surface area contributed by atoms with Crippen molar-refractivity contribution < 1.29 is 0 Å². The molecule has 0 amide bonds. The van der Waals surface area contributed by atoms with Crippen LogP contribution < -0.4 is 0 Å². The van der Waals surface area contributed by atoms with Gasteiger partial charge in [-0.05, 0) is 60.6 Å². The highest BCUT2D eigenvalue weighted by Crippen LogP contribution is 2.38. The Balaban J connectivity index is 1.16. The second-order valence-electron chi connectivity index (χ2n) is 12.0. The summed E-state index contributed by atoms with van der Waals surface area (Å²) in [5, 5.41) is 7.65. The van der Waals surface area contributed by atoms with Gasteiger partial charge in [-0.3, -0.25) is 0 Å². The van der Waals surface area contributed by atoms with Crippen LogP contribution in [0.25, 0.3) is 88.7 Å². The Labute approximate surface area is 278 Å². The van der Waals surface area contributed by atoms with Crippen LogP contribution >= 0.6 is 0 Å². The Morgan fingerprint density at radius 2 is 0.625 bits per heavy atom. The molecule has 9 rings (SSSR count). The van der Waals surface area contributed by atoms with E-state index in [2.05, 4.69) is 133 Å². The van der Waals surface area contributed by atoms with Crippen LogP contribution in [0.5, 0.6) is 0 Å². The van der Waals surface area contributed by atoms with Gasteiger partial charge in [0.15, 0.2) is 17.5 Å². The van der Waals surface area contributed by atoms with Gasteiger partial charge in [0.1, 0.15) is 0 Å². The molecule has 0 spiro atoms. The number of benzene rings is 8. The normalized spacial score (nSPS) is 11.3. The molecule has 0 aliphatic rings. The van der Waals surface area contributed by atoms with Crippen LogP contribution in [0.15, 0.2) is 176 Å². The summed E-state index contributed by atoms with van der Waals surface area (Å²) in [5.74, 6) is 1.94. The summed E-state index contributed by atoms with van der Waals surface area (Å²) < 4.78 is 0. The van der Waals surface area contributed by atoms with Crippen molar-refractivity contribution in [2.75, 3.05) is 0 Å². The second kappa shape index (κ2) is 11.7. The van der Waals surface area contributed by atoms with Gasteiger partial charge in [-0.1, -0.05) is 170 Å². The largest absolute Gasteiger partial charge is 0.208 e. The molecule has 0 N–H and O–H groups in total. The second-order valence-corrected chi connectivity index (χ2v) is 12.0. The summed E-state index contributed by atoms with van der Waals surface area (Å²) in [6, 6.07) is 61.6. The molecule has 0 radical (unpaired) electrons. The van der Waals surface area contributed by atoms with E-state index in [1.165, 1.54) is 37.9 Å². The predicted molar refractivity (Wildman–Crippen MR) is 200 cm³/mol. The average molecular weight is 612 g/mol. The molecule has 0 aliphatic heterocycles. The topological polar surface area (TPSA) is 38.7 Å².